The zero-order chi connectivity index (χ0) is 11.8. The molecule has 0 aliphatic heterocycles. The molecule has 1 atom stereocenters. The summed E-state index contributed by atoms with van der Waals surface area (Å²) in [4.78, 5) is 24.1. The van der Waals surface area contributed by atoms with E-state index >= 15 is 0 Å². The van der Waals surface area contributed by atoms with Crippen molar-refractivity contribution in [2.45, 2.75) is 39.2 Å². The van der Waals surface area contributed by atoms with E-state index in [9.17, 15) is 9.59 Å². The maximum Gasteiger partial charge on any atom is 0.324 e. The molecule has 15 heavy (non-hydrogen) atoms. The van der Waals surface area contributed by atoms with Crippen molar-refractivity contribution in [3.05, 3.63) is 0 Å². The van der Waals surface area contributed by atoms with Gasteiger partial charge in [-0.05, 0) is 13.3 Å². The topological polar surface area (TPSA) is 49.4 Å². The van der Waals surface area contributed by atoms with Crippen molar-refractivity contribution in [1.82, 2.24) is 10.2 Å². The van der Waals surface area contributed by atoms with E-state index in [2.05, 4.69) is 12.2 Å². The van der Waals surface area contributed by atoms with Gasteiger partial charge in [-0.15, -0.1) is 11.6 Å². The quantitative estimate of drug-likeness (QED) is 0.740. The first-order valence-electron chi connectivity index (χ1n) is 5.15. The summed E-state index contributed by atoms with van der Waals surface area (Å²) < 4.78 is 0. The van der Waals surface area contributed by atoms with E-state index in [0.717, 1.165) is 12.8 Å². The van der Waals surface area contributed by atoms with Gasteiger partial charge in [0.05, 0.1) is 0 Å². The SMILES string of the molecule is CCCC(C)N(C)C(=O)NC(=O)CCCl. The van der Waals surface area contributed by atoms with Crippen LogP contribution in [0.1, 0.15) is 33.1 Å². The molecule has 0 aliphatic rings. The molecule has 0 heterocycles. The zero-order valence-electron chi connectivity index (χ0n) is 9.55. The Kier molecular flexibility index (Phi) is 7.13. The van der Waals surface area contributed by atoms with E-state index in [1.807, 2.05) is 6.92 Å². The summed E-state index contributed by atoms with van der Waals surface area (Å²) >= 11 is 5.39. The number of amides is 3. The predicted molar refractivity (Wildman–Crippen MR) is 61.0 cm³/mol. The van der Waals surface area contributed by atoms with Gasteiger partial charge >= 0.3 is 6.03 Å². The number of urea groups is 1. The third kappa shape index (κ3) is 5.62. The first-order valence-corrected chi connectivity index (χ1v) is 5.69. The Morgan fingerprint density at radius 2 is 2.07 bits per heavy atom. The second-order valence-corrected chi connectivity index (χ2v) is 3.92. The normalized spacial score (nSPS) is 12.0. The minimum absolute atomic E-state index is 0.138. The number of hydrogen-bond donors (Lipinski definition) is 1. The van der Waals surface area contributed by atoms with E-state index < -0.39 is 0 Å². The summed E-state index contributed by atoms with van der Waals surface area (Å²) in [5, 5.41) is 2.28. The first-order chi connectivity index (χ1) is 7.02. The Hall–Kier alpha value is -0.770. The number of imide groups is 1. The molecular formula is C10H19ClN2O2. The molecule has 3 amide bonds. The van der Waals surface area contributed by atoms with E-state index in [0.29, 0.717) is 0 Å². The lowest BCUT2D eigenvalue weighted by Crippen LogP contribution is -2.44. The Morgan fingerprint density at radius 3 is 2.53 bits per heavy atom. The highest BCUT2D eigenvalue weighted by Gasteiger charge is 2.16. The molecule has 1 N–H and O–H groups in total. The number of alkyl halides is 1. The number of nitrogens with zero attached hydrogens (tertiary/aromatic N) is 1. The fourth-order valence-electron chi connectivity index (χ4n) is 1.17. The maximum absolute atomic E-state index is 11.5. The average molecular weight is 235 g/mol. The summed E-state index contributed by atoms with van der Waals surface area (Å²) in [6, 6.07) is -0.218. The van der Waals surface area contributed by atoms with Crippen molar-refractivity contribution < 1.29 is 9.59 Å². The molecule has 0 aromatic heterocycles. The fraction of sp³-hybridized carbons (Fsp3) is 0.800. The van der Waals surface area contributed by atoms with Crippen molar-refractivity contribution in [2.24, 2.45) is 0 Å². The molecule has 88 valence electrons. The van der Waals surface area contributed by atoms with Crippen LogP contribution in [0.4, 0.5) is 4.79 Å². The third-order valence-corrected chi connectivity index (χ3v) is 2.44. The van der Waals surface area contributed by atoms with Gasteiger partial charge in [0.1, 0.15) is 0 Å². The first kappa shape index (κ1) is 14.2. The summed E-state index contributed by atoms with van der Waals surface area (Å²) in [7, 11) is 1.68. The van der Waals surface area contributed by atoms with Gasteiger partial charge < -0.3 is 4.90 Å². The van der Waals surface area contributed by atoms with Gasteiger partial charge in [0.2, 0.25) is 5.91 Å². The molecular weight excluding hydrogens is 216 g/mol. The van der Waals surface area contributed by atoms with Crippen molar-refractivity contribution in [1.29, 1.82) is 0 Å². The third-order valence-electron chi connectivity index (χ3n) is 2.26. The number of carbonyl (C=O) groups is 2. The Bertz CT molecular complexity index is 221. The van der Waals surface area contributed by atoms with Crippen LogP contribution in [0.25, 0.3) is 0 Å². The molecule has 4 nitrogen and oxygen atoms in total. The highest BCUT2D eigenvalue weighted by molar-refractivity contribution is 6.19. The molecule has 0 aliphatic carbocycles. The number of rotatable bonds is 5. The predicted octanol–water partition coefficient (Wildman–Crippen LogP) is 1.97. The van der Waals surface area contributed by atoms with Crippen LogP contribution in [0.5, 0.6) is 0 Å². The lowest BCUT2D eigenvalue weighted by Gasteiger charge is -2.24. The average Bonchev–Trinajstić information content (AvgIpc) is 2.17. The smallest absolute Gasteiger partial charge is 0.324 e. The molecule has 0 saturated heterocycles. The number of carbonyl (C=O) groups excluding carboxylic acids is 2. The molecule has 0 radical (unpaired) electrons. The van der Waals surface area contributed by atoms with E-state index in [1.165, 1.54) is 4.90 Å². The van der Waals surface area contributed by atoms with Crippen LogP contribution in [0.2, 0.25) is 0 Å². The number of hydrogen-bond acceptors (Lipinski definition) is 2. The minimum Gasteiger partial charge on any atom is -0.325 e. The van der Waals surface area contributed by atoms with Crippen molar-refractivity contribution >= 4 is 23.5 Å². The van der Waals surface area contributed by atoms with Crippen LogP contribution < -0.4 is 5.32 Å². The van der Waals surface area contributed by atoms with Gasteiger partial charge in [-0.3, -0.25) is 10.1 Å². The number of nitrogens with one attached hydrogen (secondary N) is 1. The molecule has 0 fully saturated rings. The van der Waals surface area contributed by atoms with Crippen molar-refractivity contribution in [3.8, 4) is 0 Å². The molecule has 0 aromatic carbocycles. The molecule has 0 rings (SSSR count). The highest BCUT2D eigenvalue weighted by atomic mass is 35.5. The van der Waals surface area contributed by atoms with Gasteiger partial charge in [0, 0.05) is 25.4 Å². The highest BCUT2D eigenvalue weighted by Crippen LogP contribution is 2.03. The second-order valence-electron chi connectivity index (χ2n) is 3.54. The number of halogens is 1. The van der Waals surface area contributed by atoms with Crippen molar-refractivity contribution in [3.63, 3.8) is 0 Å². The minimum atomic E-state index is -0.355. The molecule has 5 heteroatoms. The second kappa shape index (κ2) is 7.51. The monoisotopic (exact) mass is 234 g/mol. The van der Waals surface area contributed by atoms with Gasteiger partial charge in [0.25, 0.3) is 0 Å². The van der Waals surface area contributed by atoms with Crippen LogP contribution in [-0.4, -0.2) is 35.8 Å². The van der Waals surface area contributed by atoms with Crippen LogP contribution in [0.15, 0.2) is 0 Å². The summed E-state index contributed by atoms with van der Waals surface area (Å²) in [5.74, 6) is -0.0987. The zero-order valence-corrected chi connectivity index (χ0v) is 10.3. The van der Waals surface area contributed by atoms with Crippen LogP contribution in [0, 0.1) is 0 Å². The van der Waals surface area contributed by atoms with E-state index in [1.54, 1.807) is 7.05 Å². The Balaban J connectivity index is 4.03. The van der Waals surface area contributed by atoms with Gasteiger partial charge in [-0.2, -0.15) is 0 Å². The summed E-state index contributed by atoms with van der Waals surface area (Å²) in [6.07, 6.45) is 2.10. The molecule has 0 aromatic rings. The van der Waals surface area contributed by atoms with E-state index in [4.69, 9.17) is 11.6 Å². The molecule has 0 saturated carbocycles. The van der Waals surface area contributed by atoms with Gasteiger partial charge in [0.15, 0.2) is 0 Å². The standard InChI is InChI=1S/C10H19ClN2O2/c1-4-5-8(2)13(3)10(15)12-9(14)6-7-11/h8H,4-7H2,1-3H3,(H,12,14,15). The van der Waals surface area contributed by atoms with Crippen LogP contribution in [0.3, 0.4) is 0 Å². The lowest BCUT2D eigenvalue weighted by molar-refractivity contribution is -0.119. The molecule has 1 unspecified atom stereocenters. The lowest BCUT2D eigenvalue weighted by atomic mass is 10.2. The molecule has 0 bridgehead atoms. The molecule has 0 spiro atoms. The van der Waals surface area contributed by atoms with E-state index in [-0.39, 0.29) is 30.3 Å². The van der Waals surface area contributed by atoms with Crippen LogP contribution in [-0.2, 0) is 4.79 Å². The van der Waals surface area contributed by atoms with Gasteiger partial charge in [-0.1, -0.05) is 13.3 Å². The maximum atomic E-state index is 11.5. The van der Waals surface area contributed by atoms with Crippen molar-refractivity contribution in [2.75, 3.05) is 12.9 Å². The summed E-state index contributed by atoms with van der Waals surface area (Å²) in [5.41, 5.74) is 0. The Morgan fingerprint density at radius 1 is 1.47 bits per heavy atom. The Labute approximate surface area is 96.0 Å². The largest absolute Gasteiger partial charge is 0.325 e. The fourth-order valence-corrected chi connectivity index (χ4v) is 1.34. The van der Waals surface area contributed by atoms with Gasteiger partial charge in [-0.25, -0.2) is 4.79 Å². The summed E-state index contributed by atoms with van der Waals surface area (Å²) in [6.45, 7) is 4.01. The van der Waals surface area contributed by atoms with Crippen LogP contribution >= 0.6 is 11.6 Å².